The van der Waals surface area contributed by atoms with Crippen LogP contribution in [0.15, 0.2) is 30.6 Å². The number of hydrogen-bond acceptors (Lipinski definition) is 6. The van der Waals surface area contributed by atoms with Crippen LogP contribution >= 0.6 is 0 Å². The van der Waals surface area contributed by atoms with Crippen molar-refractivity contribution in [2.45, 2.75) is 32.4 Å². The molecule has 1 fully saturated rings. The zero-order chi connectivity index (χ0) is 16.8. The third-order valence-electron chi connectivity index (χ3n) is 4.23. The average Bonchev–Trinajstić information content (AvgIpc) is 3.15. The lowest BCUT2D eigenvalue weighted by Gasteiger charge is -2.23. The molecule has 1 aliphatic heterocycles. The Morgan fingerprint density at radius 3 is 2.79 bits per heavy atom. The maximum absolute atomic E-state index is 5.52. The van der Waals surface area contributed by atoms with Crippen LogP contribution in [0.5, 0.6) is 0 Å². The minimum absolute atomic E-state index is 0.349. The minimum atomic E-state index is 0.349. The zero-order valence-corrected chi connectivity index (χ0v) is 14.3. The first-order valence-corrected chi connectivity index (χ1v) is 8.38. The molecule has 6 nitrogen and oxygen atoms in total. The van der Waals surface area contributed by atoms with E-state index < -0.39 is 0 Å². The summed E-state index contributed by atoms with van der Waals surface area (Å²) in [6.07, 6.45) is 4.65. The zero-order valence-electron chi connectivity index (χ0n) is 14.3. The first-order chi connectivity index (χ1) is 11.8. The van der Waals surface area contributed by atoms with Crippen LogP contribution in [-0.4, -0.2) is 41.8 Å². The van der Waals surface area contributed by atoms with E-state index in [0.717, 1.165) is 50.1 Å². The van der Waals surface area contributed by atoms with Crippen LogP contribution in [0.2, 0.25) is 0 Å². The van der Waals surface area contributed by atoms with Crippen LogP contribution in [0.4, 0.5) is 5.82 Å². The molecule has 0 saturated carbocycles. The SMILES string of the molecule is CCN(Cc1ccncc1)c1cc([C@H]2CCOC2)nc(COC)n1. The summed E-state index contributed by atoms with van der Waals surface area (Å²) in [4.78, 5) is 15.7. The Labute approximate surface area is 142 Å². The highest BCUT2D eigenvalue weighted by Crippen LogP contribution is 2.27. The van der Waals surface area contributed by atoms with Crippen molar-refractivity contribution in [3.05, 3.63) is 47.7 Å². The molecule has 2 aromatic rings. The molecule has 1 atom stereocenters. The van der Waals surface area contributed by atoms with E-state index in [2.05, 4.69) is 27.9 Å². The molecule has 1 saturated heterocycles. The van der Waals surface area contributed by atoms with Gasteiger partial charge in [-0.25, -0.2) is 9.97 Å². The van der Waals surface area contributed by atoms with Gasteiger partial charge >= 0.3 is 0 Å². The molecular formula is C18H24N4O2. The molecule has 0 spiro atoms. The summed E-state index contributed by atoms with van der Waals surface area (Å²) in [5.74, 6) is 2.02. The van der Waals surface area contributed by atoms with E-state index in [0.29, 0.717) is 12.5 Å². The number of methoxy groups -OCH3 is 1. The van der Waals surface area contributed by atoms with Crippen LogP contribution in [0, 0.1) is 0 Å². The summed E-state index contributed by atoms with van der Waals surface area (Å²) in [7, 11) is 1.67. The van der Waals surface area contributed by atoms with Crippen molar-refractivity contribution in [3.8, 4) is 0 Å². The fraction of sp³-hybridized carbons (Fsp3) is 0.500. The van der Waals surface area contributed by atoms with Crippen molar-refractivity contribution in [2.75, 3.05) is 31.8 Å². The van der Waals surface area contributed by atoms with Crippen molar-refractivity contribution in [1.82, 2.24) is 15.0 Å². The van der Waals surface area contributed by atoms with Crippen LogP contribution in [-0.2, 0) is 22.6 Å². The Morgan fingerprint density at radius 1 is 1.29 bits per heavy atom. The van der Waals surface area contributed by atoms with Crippen LogP contribution in [0.3, 0.4) is 0 Å². The van der Waals surface area contributed by atoms with Crippen molar-refractivity contribution in [2.24, 2.45) is 0 Å². The van der Waals surface area contributed by atoms with Gasteiger partial charge in [0.05, 0.1) is 12.3 Å². The number of hydrogen-bond donors (Lipinski definition) is 0. The van der Waals surface area contributed by atoms with Gasteiger partial charge in [-0.3, -0.25) is 4.98 Å². The summed E-state index contributed by atoms with van der Waals surface area (Å²) in [6.45, 7) is 5.76. The Kier molecular flexibility index (Phi) is 5.72. The van der Waals surface area contributed by atoms with Gasteiger partial charge in [-0.05, 0) is 31.0 Å². The van der Waals surface area contributed by atoms with Crippen LogP contribution < -0.4 is 4.90 Å². The molecule has 3 rings (SSSR count). The number of nitrogens with zero attached hydrogens (tertiary/aromatic N) is 4. The predicted molar refractivity (Wildman–Crippen MR) is 91.9 cm³/mol. The normalized spacial score (nSPS) is 17.2. The molecule has 0 amide bonds. The van der Waals surface area contributed by atoms with Gasteiger partial charge in [-0.15, -0.1) is 0 Å². The highest BCUT2D eigenvalue weighted by Gasteiger charge is 2.22. The lowest BCUT2D eigenvalue weighted by atomic mass is 10.0. The van der Waals surface area contributed by atoms with Crippen molar-refractivity contribution < 1.29 is 9.47 Å². The first kappa shape index (κ1) is 16.8. The highest BCUT2D eigenvalue weighted by atomic mass is 16.5. The van der Waals surface area contributed by atoms with Crippen molar-refractivity contribution in [3.63, 3.8) is 0 Å². The molecule has 0 aromatic carbocycles. The summed E-state index contributed by atoms with van der Waals surface area (Å²) >= 11 is 0. The van der Waals surface area contributed by atoms with E-state index in [-0.39, 0.29) is 0 Å². The second kappa shape index (κ2) is 8.17. The second-order valence-electron chi connectivity index (χ2n) is 5.93. The summed E-state index contributed by atoms with van der Waals surface area (Å²) < 4.78 is 10.8. The standard InChI is InChI=1S/C18H24N4O2/c1-3-22(11-14-4-7-19-8-5-14)18-10-16(15-6-9-24-12-15)20-17(21-18)13-23-2/h4-5,7-8,10,15H,3,6,9,11-13H2,1-2H3/t15-/m0/s1. The molecular weight excluding hydrogens is 304 g/mol. The quantitative estimate of drug-likeness (QED) is 0.778. The van der Waals surface area contributed by atoms with E-state index in [9.17, 15) is 0 Å². The Balaban J connectivity index is 1.88. The van der Waals surface area contributed by atoms with Gasteiger partial charge in [0.2, 0.25) is 0 Å². The molecule has 3 heterocycles. The van der Waals surface area contributed by atoms with E-state index in [4.69, 9.17) is 14.5 Å². The average molecular weight is 328 g/mol. The Bertz CT molecular complexity index is 645. The number of anilines is 1. The maximum Gasteiger partial charge on any atom is 0.156 e. The van der Waals surface area contributed by atoms with Gasteiger partial charge in [0.25, 0.3) is 0 Å². The first-order valence-electron chi connectivity index (χ1n) is 8.38. The van der Waals surface area contributed by atoms with Gasteiger partial charge in [0.1, 0.15) is 12.4 Å². The molecule has 0 unspecified atom stereocenters. The Hall–Kier alpha value is -2.05. The minimum Gasteiger partial charge on any atom is -0.381 e. The molecule has 0 radical (unpaired) electrons. The fourth-order valence-corrected chi connectivity index (χ4v) is 2.90. The molecule has 128 valence electrons. The number of rotatable bonds is 7. The fourth-order valence-electron chi connectivity index (χ4n) is 2.90. The second-order valence-corrected chi connectivity index (χ2v) is 5.93. The monoisotopic (exact) mass is 328 g/mol. The van der Waals surface area contributed by atoms with Gasteiger partial charge < -0.3 is 14.4 Å². The van der Waals surface area contributed by atoms with E-state index in [1.165, 1.54) is 5.56 Å². The molecule has 6 heteroatoms. The summed E-state index contributed by atoms with van der Waals surface area (Å²) in [6, 6.07) is 6.17. The van der Waals surface area contributed by atoms with Crippen molar-refractivity contribution in [1.29, 1.82) is 0 Å². The third kappa shape index (κ3) is 4.07. The third-order valence-corrected chi connectivity index (χ3v) is 4.23. The van der Waals surface area contributed by atoms with Gasteiger partial charge in [0, 0.05) is 51.2 Å². The summed E-state index contributed by atoms with van der Waals surface area (Å²) in [5.41, 5.74) is 2.27. The van der Waals surface area contributed by atoms with Crippen LogP contribution in [0.25, 0.3) is 0 Å². The maximum atomic E-state index is 5.52. The topological polar surface area (TPSA) is 60.4 Å². The van der Waals surface area contributed by atoms with E-state index >= 15 is 0 Å². The smallest absolute Gasteiger partial charge is 0.156 e. The van der Waals surface area contributed by atoms with Crippen LogP contribution in [0.1, 0.15) is 36.3 Å². The molecule has 1 aliphatic rings. The van der Waals surface area contributed by atoms with Gasteiger partial charge in [-0.2, -0.15) is 0 Å². The molecule has 0 bridgehead atoms. The molecule has 0 N–H and O–H groups in total. The number of aromatic nitrogens is 3. The van der Waals surface area contributed by atoms with E-state index in [1.807, 2.05) is 24.5 Å². The van der Waals surface area contributed by atoms with Gasteiger partial charge in [0.15, 0.2) is 5.82 Å². The summed E-state index contributed by atoms with van der Waals surface area (Å²) in [5, 5.41) is 0. The Morgan fingerprint density at radius 2 is 2.12 bits per heavy atom. The number of pyridine rings is 1. The molecule has 24 heavy (non-hydrogen) atoms. The molecule has 0 aliphatic carbocycles. The lowest BCUT2D eigenvalue weighted by molar-refractivity contribution is 0.177. The van der Waals surface area contributed by atoms with Gasteiger partial charge in [-0.1, -0.05) is 0 Å². The lowest BCUT2D eigenvalue weighted by Crippen LogP contribution is -2.24. The molecule has 2 aromatic heterocycles. The highest BCUT2D eigenvalue weighted by molar-refractivity contribution is 5.41. The number of ether oxygens (including phenoxy) is 2. The van der Waals surface area contributed by atoms with Crippen molar-refractivity contribution >= 4 is 5.82 Å². The largest absolute Gasteiger partial charge is 0.381 e. The van der Waals surface area contributed by atoms with E-state index in [1.54, 1.807) is 7.11 Å². The predicted octanol–water partition coefficient (Wildman–Crippen LogP) is 2.55.